The standard InChI is InChI=1S/C12H15NO/c1-10(14)12-7-3-5-11(9-12)6-4-8-13-2/h3-7,9,13H,8H2,1-2H3. The Bertz CT molecular complexity index is 342. The summed E-state index contributed by atoms with van der Waals surface area (Å²) in [7, 11) is 1.90. The summed E-state index contributed by atoms with van der Waals surface area (Å²) in [6, 6.07) is 7.61. The van der Waals surface area contributed by atoms with Gasteiger partial charge in [-0.2, -0.15) is 0 Å². The maximum atomic E-state index is 11.1. The fourth-order valence-electron chi connectivity index (χ4n) is 1.17. The first kappa shape index (κ1) is 10.7. The summed E-state index contributed by atoms with van der Waals surface area (Å²) < 4.78 is 0. The van der Waals surface area contributed by atoms with Gasteiger partial charge in [0, 0.05) is 12.1 Å². The number of carbonyl (C=O) groups is 1. The fraction of sp³-hybridized carbons (Fsp3) is 0.250. The van der Waals surface area contributed by atoms with E-state index in [4.69, 9.17) is 0 Å². The van der Waals surface area contributed by atoms with Gasteiger partial charge in [-0.25, -0.2) is 0 Å². The Balaban J connectivity index is 2.78. The van der Waals surface area contributed by atoms with Gasteiger partial charge in [-0.15, -0.1) is 0 Å². The highest BCUT2D eigenvalue weighted by Crippen LogP contribution is 2.07. The molecule has 0 saturated heterocycles. The summed E-state index contributed by atoms with van der Waals surface area (Å²) in [5, 5.41) is 3.02. The largest absolute Gasteiger partial charge is 0.316 e. The predicted molar refractivity (Wildman–Crippen MR) is 59.4 cm³/mol. The van der Waals surface area contributed by atoms with Crippen LogP contribution < -0.4 is 5.32 Å². The lowest BCUT2D eigenvalue weighted by Crippen LogP contribution is -2.03. The van der Waals surface area contributed by atoms with Crippen LogP contribution in [0.3, 0.4) is 0 Å². The molecule has 1 N–H and O–H groups in total. The van der Waals surface area contributed by atoms with Gasteiger partial charge in [0.1, 0.15) is 0 Å². The van der Waals surface area contributed by atoms with Crippen LogP contribution in [0.25, 0.3) is 6.08 Å². The summed E-state index contributed by atoms with van der Waals surface area (Å²) in [6.07, 6.45) is 4.03. The molecular formula is C12H15NO. The number of hydrogen-bond acceptors (Lipinski definition) is 2. The monoisotopic (exact) mass is 189 g/mol. The number of rotatable bonds is 4. The van der Waals surface area contributed by atoms with Crippen LogP contribution in [0.2, 0.25) is 0 Å². The van der Waals surface area contributed by atoms with Crippen molar-refractivity contribution in [2.45, 2.75) is 6.92 Å². The first-order valence-electron chi connectivity index (χ1n) is 4.66. The minimum atomic E-state index is 0.105. The molecule has 0 saturated carbocycles. The number of Topliss-reactive ketones (excluding diaryl/α,β-unsaturated/α-hetero) is 1. The molecule has 1 aromatic carbocycles. The third-order valence-corrected chi connectivity index (χ3v) is 1.93. The SMILES string of the molecule is CNCC=Cc1cccc(C(C)=O)c1. The zero-order chi connectivity index (χ0) is 10.4. The molecule has 0 amide bonds. The molecule has 1 aromatic rings. The van der Waals surface area contributed by atoms with Gasteiger partial charge < -0.3 is 5.32 Å². The average Bonchev–Trinajstić information content (AvgIpc) is 2.19. The van der Waals surface area contributed by atoms with Crippen LogP contribution in [0.5, 0.6) is 0 Å². The Morgan fingerprint density at radius 2 is 2.29 bits per heavy atom. The molecule has 0 spiro atoms. The van der Waals surface area contributed by atoms with Crippen molar-refractivity contribution < 1.29 is 4.79 Å². The van der Waals surface area contributed by atoms with E-state index in [-0.39, 0.29) is 5.78 Å². The fourth-order valence-corrected chi connectivity index (χ4v) is 1.17. The zero-order valence-corrected chi connectivity index (χ0v) is 8.58. The van der Waals surface area contributed by atoms with Gasteiger partial charge in [-0.3, -0.25) is 4.79 Å². The Morgan fingerprint density at radius 3 is 2.93 bits per heavy atom. The summed E-state index contributed by atoms with van der Waals surface area (Å²) >= 11 is 0. The third kappa shape index (κ3) is 3.15. The second-order valence-corrected chi connectivity index (χ2v) is 3.14. The molecule has 74 valence electrons. The summed E-state index contributed by atoms with van der Waals surface area (Å²) in [6.45, 7) is 2.42. The molecule has 0 atom stereocenters. The predicted octanol–water partition coefficient (Wildman–Crippen LogP) is 2.12. The van der Waals surface area contributed by atoms with Crippen molar-refractivity contribution in [2.75, 3.05) is 13.6 Å². The molecule has 0 unspecified atom stereocenters. The van der Waals surface area contributed by atoms with Crippen molar-refractivity contribution >= 4 is 11.9 Å². The lowest BCUT2D eigenvalue weighted by atomic mass is 10.1. The molecule has 2 heteroatoms. The van der Waals surface area contributed by atoms with E-state index in [1.807, 2.05) is 43.5 Å². The van der Waals surface area contributed by atoms with Gasteiger partial charge in [0.15, 0.2) is 5.78 Å². The smallest absolute Gasteiger partial charge is 0.159 e. The average molecular weight is 189 g/mol. The highest BCUT2D eigenvalue weighted by Gasteiger charge is 1.97. The lowest BCUT2D eigenvalue weighted by Gasteiger charge is -1.97. The van der Waals surface area contributed by atoms with Crippen molar-refractivity contribution in [3.05, 3.63) is 41.5 Å². The van der Waals surface area contributed by atoms with Crippen molar-refractivity contribution in [3.63, 3.8) is 0 Å². The van der Waals surface area contributed by atoms with Crippen LogP contribution in [0, 0.1) is 0 Å². The van der Waals surface area contributed by atoms with E-state index in [2.05, 4.69) is 5.32 Å². The Kier molecular flexibility index (Phi) is 4.08. The normalized spacial score (nSPS) is 10.7. The van der Waals surface area contributed by atoms with Crippen LogP contribution in [-0.4, -0.2) is 19.4 Å². The van der Waals surface area contributed by atoms with E-state index < -0.39 is 0 Å². The highest BCUT2D eigenvalue weighted by atomic mass is 16.1. The molecule has 0 heterocycles. The zero-order valence-electron chi connectivity index (χ0n) is 8.58. The number of benzene rings is 1. The molecule has 0 aliphatic rings. The number of ketones is 1. The second kappa shape index (κ2) is 5.35. The topological polar surface area (TPSA) is 29.1 Å². The van der Waals surface area contributed by atoms with Crippen LogP contribution >= 0.6 is 0 Å². The van der Waals surface area contributed by atoms with Gasteiger partial charge in [0.25, 0.3) is 0 Å². The Morgan fingerprint density at radius 1 is 1.50 bits per heavy atom. The van der Waals surface area contributed by atoms with Crippen molar-refractivity contribution in [1.82, 2.24) is 5.32 Å². The Labute approximate surface area is 84.6 Å². The Hall–Kier alpha value is -1.41. The van der Waals surface area contributed by atoms with Crippen LogP contribution in [0.15, 0.2) is 30.3 Å². The maximum absolute atomic E-state index is 11.1. The number of hydrogen-bond donors (Lipinski definition) is 1. The highest BCUT2D eigenvalue weighted by molar-refractivity contribution is 5.94. The summed E-state index contributed by atoms with van der Waals surface area (Å²) in [4.78, 5) is 11.1. The molecule has 0 aliphatic heterocycles. The molecule has 14 heavy (non-hydrogen) atoms. The van der Waals surface area contributed by atoms with Gasteiger partial charge in [0.05, 0.1) is 0 Å². The van der Waals surface area contributed by atoms with Gasteiger partial charge >= 0.3 is 0 Å². The molecular weight excluding hydrogens is 174 g/mol. The summed E-state index contributed by atoms with van der Waals surface area (Å²) in [5.74, 6) is 0.105. The van der Waals surface area contributed by atoms with Crippen LogP contribution in [0.4, 0.5) is 0 Å². The van der Waals surface area contributed by atoms with E-state index in [1.165, 1.54) is 0 Å². The van der Waals surface area contributed by atoms with Crippen molar-refractivity contribution in [1.29, 1.82) is 0 Å². The van der Waals surface area contributed by atoms with E-state index in [0.717, 1.165) is 17.7 Å². The molecule has 0 aliphatic carbocycles. The van der Waals surface area contributed by atoms with Crippen LogP contribution in [-0.2, 0) is 0 Å². The quantitative estimate of drug-likeness (QED) is 0.735. The van der Waals surface area contributed by atoms with Gasteiger partial charge in [0.2, 0.25) is 0 Å². The molecule has 0 radical (unpaired) electrons. The number of likely N-dealkylation sites (N-methyl/N-ethyl adjacent to an activating group) is 1. The molecule has 0 aromatic heterocycles. The maximum Gasteiger partial charge on any atom is 0.159 e. The van der Waals surface area contributed by atoms with E-state index >= 15 is 0 Å². The number of carbonyl (C=O) groups excluding carboxylic acids is 1. The summed E-state index contributed by atoms with van der Waals surface area (Å²) in [5.41, 5.74) is 1.82. The van der Waals surface area contributed by atoms with Crippen LogP contribution in [0.1, 0.15) is 22.8 Å². The van der Waals surface area contributed by atoms with E-state index in [0.29, 0.717) is 0 Å². The number of nitrogens with one attached hydrogen (secondary N) is 1. The molecule has 0 fully saturated rings. The van der Waals surface area contributed by atoms with Gasteiger partial charge in [-0.1, -0.05) is 30.4 Å². The van der Waals surface area contributed by atoms with E-state index in [9.17, 15) is 4.79 Å². The third-order valence-electron chi connectivity index (χ3n) is 1.93. The minimum absolute atomic E-state index is 0.105. The second-order valence-electron chi connectivity index (χ2n) is 3.14. The first-order valence-corrected chi connectivity index (χ1v) is 4.66. The minimum Gasteiger partial charge on any atom is -0.316 e. The molecule has 1 rings (SSSR count). The van der Waals surface area contributed by atoms with E-state index in [1.54, 1.807) is 6.92 Å². The van der Waals surface area contributed by atoms with Gasteiger partial charge in [-0.05, 0) is 25.6 Å². The van der Waals surface area contributed by atoms with Crippen molar-refractivity contribution in [3.8, 4) is 0 Å². The van der Waals surface area contributed by atoms with Crippen molar-refractivity contribution in [2.24, 2.45) is 0 Å². The first-order chi connectivity index (χ1) is 6.74. The molecule has 0 bridgehead atoms. The molecule has 2 nitrogen and oxygen atoms in total. The lowest BCUT2D eigenvalue weighted by molar-refractivity contribution is 0.101.